The molecule has 13 heteroatoms. The first-order chi connectivity index (χ1) is 14.5. The van der Waals surface area contributed by atoms with Gasteiger partial charge in [-0.05, 0) is 113 Å². The van der Waals surface area contributed by atoms with Crippen LogP contribution in [0.5, 0.6) is 34.5 Å². The maximum atomic E-state index is 10.6. The van der Waals surface area contributed by atoms with Gasteiger partial charge in [0.1, 0.15) is 0 Å². The Hall–Kier alpha value is -0.130. The Balaban J connectivity index is 2.65. The zero-order valence-corrected chi connectivity index (χ0v) is 25.3. The lowest BCUT2D eigenvalue weighted by Gasteiger charge is -2.21. The van der Waals surface area contributed by atoms with Crippen molar-refractivity contribution in [1.82, 2.24) is 0 Å². The summed E-state index contributed by atoms with van der Waals surface area (Å²) in [4.78, 5) is 4.36. The number of aromatic hydroxyl groups is 5. The minimum absolute atomic E-state index is 0.0977. The average Bonchev–Trinajstić information content (AvgIpc) is 2.75. The van der Waals surface area contributed by atoms with Crippen LogP contribution in [-0.4, -0.2) is 30.8 Å². The van der Waals surface area contributed by atoms with Gasteiger partial charge in [-0.3, -0.25) is 0 Å². The van der Waals surface area contributed by atoms with Gasteiger partial charge in [-0.15, -0.1) is 0 Å². The monoisotopic (exact) mass is 985 g/mol. The number of phenols is 5. The second-order valence-electron chi connectivity index (χ2n) is 6.40. The zero-order chi connectivity index (χ0) is 23.1. The van der Waals surface area contributed by atoms with E-state index in [9.17, 15) is 30.8 Å². The van der Waals surface area contributed by atoms with E-state index in [0.29, 0.717) is 43.0 Å². The molecule has 8 N–H and O–H groups in total. The predicted molar refractivity (Wildman–Crippen MR) is 159 cm³/mol. The van der Waals surface area contributed by atoms with Crippen LogP contribution in [0, 0.1) is 17.9 Å². The van der Waals surface area contributed by atoms with Crippen molar-refractivity contribution in [1.29, 1.82) is 0 Å². The van der Waals surface area contributed by atoms with Crippen molar-refractivity contribution in [2.24, 2.45) is 0 Å². The Kier molecular flexibility index (Phi) is 6.40. The van der Waals surface area contributed by atoms with Crippen LogP contribution in [0.25, 0.3) is 32.3 Å². The number of nitrogens with two attached hydrogens (primary N) is 1. The van der Waals surface area contributed by atoms with Crippen LogP contribution in [0.3, 0.4) is 0 Å². The number of fused-ring (bicyclic) bond motifs is 6. The van der Waals surface area contributed by atoms with Gasteiger partial charge >= 0.3 is 0 Å². The van der Waals surface area contributed by atoms with E-state index >= 15 is 0 Å². The van der Waals surface area contributed by atoms with E-state index in [1.165, 1.54) is 0 Å². The lowest BCUT2D eigenvalue weighted by molar-refractivity contribution is -0.138. The van der Waals surface area contributed by atoms with Crippen molar-refractivity contribution in [3.05, 3.63) is 17.9 Å². The van der Waals surface area contributed by atoms with Crippen LogP contribution in [0.4, 0.5) is 5.69 Å². The molecule has 0 aliphatic carbocycles. The smallest absolute Gasteiger partial charge is 0.231 e. The van der Waals surface area contributed by atoms with Crippen molar-refractivity contribution in [2.75, 3.05) is 5.73 Å². The van der Waals surface area contributed by atoms with E-state index in [1.54, 1.807) is 0 Å². The molecule has 0 unspecified atom stereocenters. The number of hydrogen-bond acceptors (Lipinski definition) is 8. The third-order valence-electron chi connectivity index (χ3n) is 4.91. The summed E-state index contributed by atoms with van der Waals surface area (Å²) in [5, 5.41) is 64.8. The maximum Gasteiger partial charge on any atom is 0.231 e. The molecule has 0 spiro atoms. The second kappa shape index (κ2) is 8.27. The summed E-state index contributed by atoms with van der Waals surface area (Å²) < 4.78 is 1.45. The maximum absolute atomic E-state index is 10.6. The standard InChI is InChI=1S/C18H8I5NO7/c19-7-1-2-4(10(22)16(28)15(27)8(2)20)6-5(3(1)9(21)14(26)13(7)25)11(23)17(29)18(31-30)12(6)24/h25-30H,24H2. The van der Waals surface area contributed by atoms with E-state index in [1.807, 2.05) is 113 Å². The summed E-state index contributed by atoms with van der Waals surface area (Å²) in [6.07, 6.45) is 0. The van der Waals surface area contributed by atoms with Gasteiger partial charge in [0.15, 0.2) is 28.7 Å². The van der Waals surface area contributed by atoms with E-state index in [2.05, 4.69) is 4.89 Å². The first-order valence-corrected chi connectivity index (χ1v) is 13.4. The Morgan fingerprint density at radius 3 is 1.03 bits per heavy atom. The van der Waals surface area contributed by atoms with Crippen molar-refractivity contribution in [2.45, 2.75) is 0 Å². The van der Waals surface area contributed by atoms with Gasteiger partial charge in [0, 0.05) is 32.3 Å². The molecular weight excluding hydrogens is 977 g/mol. The number of benzene rings is 4. The Morgan fingerprint density at radius 2 is 0.742 bits per heavy atom. The number of hydrogen-bond donors (Lipinski definition) is 7. The molecule has 0 fully saturated rings. The fourth-order valence-corrected chi connectivity index (χ4v) is 7.52. The first kappa shape index (κ1) is 24.0. The predicted octanol–water partition coefficient (Wildman–Crippen LogP) is 6.13. The fourth-order valence-electron chi connectivity index (χ4n) is 3.56. The van der Waals surface area contributed by atoms with E-state index in [4.69, 9.17) is 5.73 Å². The summed E-state index contributed by atoms with van der Waals surface area (Å²) in [7, 11) is 0. The highest BCUT2D eigenvalue weighted by Gasteiger charge is 2.30. The highest BCUT2D eigenvalue weighted by atomic mass is 127. The molecule has 4 aromatic carbocycles. The third-order valence-corrected chi connectivity index (χ3v) is 10.2. The van der Waals surface area contributed by atoms with Gasteiger partial charge in [0.05, 0.1) is 23.5 Å². The van der Waals surface area contributed by atoms with Gasteiger partial charge in [0.2, 0.25) is 5.75 Å². The fraction of sp³-hybridized carbons (Fsp3) is 0. The molecular formula is C18H8I5NO7. The van der Waals surface area contributed by atoms with Gasteiger partial charge in [-0.25, -0.2) is 5.26 Å². The molecule has 4 rings (SSSR count). The molecule has 31 heavy (non-hydrogen) atoms. The molecule has 0 radical (unpaired) electrons. The normalized spacial score (nSPS) is 11.7. The summed E-state index contributed by atoms with van der Waals surface area (Å²) in [6.45, 7) is 0. The molecule has 0 saturated heterocycles. The highest BCUT2D eigenvalue weighted by molar-refractivity contribution is 14.1. The van der Waals surface area contributed by atoms with Crippen LogP contribution in [0.1, 0.15) is 0 Å². The molecule has 0 bridgehead atoms. The molecule has 4 aromatic rings. The van der Waals surface area contributed by atoms with Crippen molar-refractivity contribution in [3.8, 4) is 34.5 Å². The molecule has 0 saturated carbocycles. The van der Waals surface area contributed by atoms with Crippen LogP contribution in [-0.2, 0) is 0 Å². The quantitative estimate of drug-likeness (QED) is 0.0300. The van der Waals surface area contributed by atoms with Gasteiger partial charge < -0.3 is 36.2 Å². The van der Waals surface area contributed by atoms with E-state index in [0.717, 1.165) is 0 Å². The Morgan fingerprint density at radius 1 is 0.484 bits per heavy atom. The minimum atomic E-state index is -0.403. The van der Waals surface area contributed by atoms with Crippen molar-refractivity contribution < 1.29 is 35.7 Å². The van der Waals surface area contributed by atoms with Crippen LogP contribution in [0.2, 0.25) is 0 Å². The average molecular weight is 985 g/mol. The lowest BCUT2D eigenvalue weighted by atomic mass is 9.92. The van der Waals surface area contributed by atoms with E-state index in [-0.39, 0.29) is 41.6 Å². The molecule has 0 aromatic heterocycles. The highest BCUT2D eigenvalue weighted by Crippen LogP contribution is 2.56. The van der Waals surface area contributed by atoms with Gasteiger partial charge in [-0.2, -0.15) is 0 Å². The Labute approximate surface area is 241 Å². The summed E-state index contributed by atoms with van der Waals surface area (Å²) in [6, 6.07) is 0. The van der Waals surface area contributed by atoms with Crippen LogP contribution < -0.4 is 10.6 Å². The lowest BCUT2D eigenvalue weighted by Crippen LogP contribution is -2.01. The summed E-state index contributed by atoms with van der Waals surface area (Å²) in [5.74, 6) is -2.15. The topological polar surface area (TPSA) is 157 Å². The van der Waals surface area contributed by atoms with Crippen molar-refractivity contribution >= 4 is 151 Å². The third kappa shape index (κ3) is 3.15. The zero-order valence-electron chi connectivity index (χ0n) is 14.6. The number of phenolic OH excluding ortho intramolecular Hbond substituents is 5. The van der Waals surface area contributed by atoms with Crippen LogP contribution in [0.15, 0.2) is 0 Å². The second-order valence-corrected chi connectivity index (χ2v) is 11.8. The molecule has 8 nitrogen and oxygen atoms in total. The molecule has 0 heterocycles. The number of rotatable bonds is 1. The molecule has 162 valence electrons. The number of halogens is 5. The van der Waals surface area contributed by atoms with Crippen molar-refractivity contribution in [3.63, 3.8) is 0 Å². The summed E-state index contributed by atoms with van der Waals surface area (Å²) >= 11 is 9.40. The molecule has 0 aliphatic rings. The van der Waals surface area contributed by atoms with Gasteiger partial charge in [-0.1, -0.05) is 0 Å². The minimum Gasteiger partial charge on any atom is -0.503 e. The summed E-state index contributed by atoms with van der Waals surface area (Å²) in [5.41, 5.74) is 6.21. The number of anilines is 1. The first-order valence-electron chi connectivity index (χ1n) is 7.99. The number of nitrogen functional groups attached to an aromatic ring is 1. The van der Waals surface area contributed by atoms with Gasteiger partial charge in [0.25, 0.3) is 0 Å². The molecule has 0 aliphatic heterocycles. The molecule has 0 amide bonds. The van der Waals surface area contributed by atoms with Crippen LogP contribution >= 0.6 is 113 Å². The molecule has 0 atom stereocenters. The largest absolute Gasteiger partial charge is 0.503 e. The van der Waals surface area contributed by atoms with E-state index < -0.39 is 5.75 Å². The Bertz CT molecular complexity index is 1450. The SMILES string of the molecule is Nc1c(OO)c(O)c(I)c2c1c1c(I)c(O)c(O)c(I)c1c1c(I)c(O)c(O)c(I)c21.